The number of nitrogens with one attached hydrogen (secondary N) is 1. The molecule has 2 atom stereocenters. The van der Waals surface area contributed by atoms with Gasteiger partial charge < -0.3 is 15.0 Å². The van der Waals surface area contributed by atoms with E-state index < -0.39 is 0 Å². The smallest absolute Gasteiger partial charge is 0.0620 e. The number of rotatable bonds is 5. The van der Waals surface area contributed by atoms with Crippen LogP contribution in [0.2, 0.25) is 0 Å². The highest BCUT2D eigenvalue weighted by atomic mass is 16.5. The lowest BCUT2D eigenvalue weighted by Crippen LogP contribution is -2.45. The highest BCUT2D eigenvalue weighted by Gasteiger charge is 2.20. The maximum absolute atomic E-state index is 5.49. The largest absolute Gasteiger partial charge is 0.379 e. The minimum Gasteiger partial charge on any atom is -0.379 e. The van der Waals surface area contributed by atoms with Gasteiger partial charge in [0.1, 0.15) is 0 Å². The Balaban J connectivity index is 2.35. The summed E-state index contributed by atoms with van der Waals surface area (Å²) < 4.78 is 5.49. The molecule has 3 heteroatoms. The number of hydrogen-bond donors (Lipinski definition) is 1. The van der Waals surface area contributed by atoms with Gasteiger partial charge in [-0.15, -0.1) is 0 Å². The van der Waals surface area contributed by atoms with Crippen molar-refractivity contribution in [1.29, 1.82) is 0 Å². The zero-order valence-corrected chi connectivity index (χ0v) is 10.6. The number of ether oxygens (including phenoxy) is 1. The van der Waals surface area contributed by atoms with E-state index in [1.165, 1.54) is 12.8 Å². The molecule has 0 bridgehead atoms. The van der Waals surface area contributed by atoms with Crippen molar-refractivity contribution in [2.75, 3.05) is 33.9 Å². The van der Waals surface area contributed by atoms with Crippen LogP contribution >= 0.6 is 0 Å². The Bertz CT molecular complexity index is 165. The third kappa shape index (κ3) is 4.96. The number of hydrogen-bond acceptors (Lipinski definition) is 3. The molecule has 0 spiro atoms. The van der Waals surface area contributed by atoms with Crippen LogP contribution in [-0.4, -0.2) is 50.8 Å². The van der Waals surface area contributed by atoms with E-state index >= 15 is 0 Å². The van der Waals surface area contributed by atoms with Gasteiger partial charge in [-0.2, -0.15) is 0 Å². The Hall–Kier alpha value is -0.120. The van der Waals surface area contributed by atoms with Gasteiger partial charge in [0, 0.05) is 18.6 Å². The average molecular weight is 214 g/mol. The van der Waals surface area contributed by atoms with Gasteiger partial charge in [-0.05, 0) is 32.9 Å². The minimum atomic E-state index is 0.546. The molecule has 15 heavy (non-hydrogen) atoms. The standard InChI is InChI=1S/C12H26N2O/c1-10(2)7-12(14(3)4)8-11-9-15-6-5-13-11/h10-13H,5-9H2,1-4H3. The van der Waals surface area contributed by atoms with Crippen molar-refractivity contribution < 1.29 is 4.74 Å². The summed E-state index contributed by atoms with van der Waals surface area (Å²) >= 11 is 0. The Morgan fingerprint density at radius 2 is 2.13 bits per heavy atom. The van der Waals surface area contributed by atoms with Gasteiger partial charge in [-0.3, -0.25) is 0 Å². The number of nitrogens with zero attached hydrogens (tertiary/aromatic N) is 1. The van der Waals surface area contributed by atoms with E-state index in [1.807, 2.05) is 0 Å². The predicted octanol–water partition coefficient (Wildman–Crippen LogP) is 1.34. The van der Waals surface area contributed by atoms with Crippen molar-refractivity contribution in [2.24, 2.45) is 5.92 Å². The summed E-state index contributed by atoms with van der Waals surface area (Å²) in [7, 11) is 4.35. The predicted molar refractivity (Wildman–Crippen MR) is 64.2 cm³/mol. The van der Waals surface area contributed by atoms with Gasteiger partial charge in [0.15, 0.2) is 0 Å². The lowest BCUT2D eigenvalue weighted by Gasteiger charge is -2.32. The topological polar surface area (TPSA) is 24.5 Å². The lowest BCUT2D eigenvalue weighted by molar-refractivity contribution is 0.0629. The van der Waals surface area contributed by atoms with Gasteiger partial charge >= 0.3 is 0 Å². The molecule has 1 rings (SSSR count). The van der Waals surface area contributed by atoms with E-state index in [2.05, 4.69) is 38.2 Å². The fourth-order valence-electron chi connectivity index (χ4n) is 2.16. The summed E-state index contributed by atoms with van der Waals surface area (Å²) in [5, 5.41) is 3.53. The summed E-state index contributed by atoms with van der Waals surface area (Å²) in [6, 6.07) is 1.22. The van der Waals surface area contributed by atoms with Crippen LogP contribution in [0.15, 0.2) is 0 Å². The van der Waals surface area contributed by atoms with Gasteiger partial charge in [-0.25, -0.2) is 0 Å². The first-order valence-electron chi connectivity index (χ1n) is 6.07. The summed E-state index contributed by atoms with van der Waals surface area (Å²) in [6.45, 7) is 7.34. The lowest BCUT2D eigenvalue weighted by atomic mass is 9.96. The first kappa shape index (κ1) is 12.9. The molecule has 0 aromatic carbocycles. The molecular weight excluding hydrogens is 188 g/mol. The van der Waals surface area contributed by atoms with Crippen LogP contribution in [0.25, 0.3) is 0 Å². The second-order valence-corrected chi connectivity index (χ2v) is 5.21. The molecule has 1 aliphatic rings. The van der Waals surface area contributed by atoms with E-state index in [1.54, 1.807) is 0 Å². The number of morpholine rings is 1. The second kappa shape index (κ2) is 6.46. The van der Waals surface area contributed by atoms with Crippen molar-refractivity contribution in [3.8, 4) is 0 Å². The van der Waals surface area contributed by atoms with Crippen LogP contribution in [0.1, 0.15) is 26.7 Å². The summed E-state index contributed by atoms with van der Waals surface area (Å²) in [6.07, 6.45) is 2.47. The van der Waals surface area contributed by atoms with Crippen LogP contribution < -0.4 is 5.32 Å². The van der Waals surface area contributed by atoms with E-state index in [4.69, 9.17) is 4.74 Å². The van der Waals surface area contributed by atoms with Crippen molar-refractivity contribution in [1.82, 2.24) is 10.2 Å². The van der Waals surface area contributed by atoms with E-state index in [9.17, 15) is 0 Å². The van der Waals surface area contributed by atoms with Crippen molar-refractivity contribution in [2.45, 2.75) is 38.8 Å². The van der Waals surface area contributed by atoms with Gasteiger partial charge in [-0.1, -0.05) is 13.8 Å². The quantitative estimate of drug-likeness (QED) is 0.747. The molecule has 0 amide bonds. The molecule has 0 saturated carbocycles. The highest BCUT2D eigenvalue weighted by molar-refractivity contribution is 4.78. The Kier molecular flexibility index (Phi) is 5.58. The first-order valence-corrected chi connectivity index (χ1v) is 6.07. The monoisotopic (exact) mass is 214 g/mol. The normalized spacial score (nSPS) is 24.8. The molecular formula is C12H26N2O. The van der Waals surface area contributed by atoms with Gasteiger partial charge in [0.05, 0.1) is 13.2 Å². The molecule has 1 saturated heterocycles. The Morgan fingerprint density at radius 1 is 1.40 bits per heavy atom. The molecule has 0 radical (unpaired) electrons. The fraction of sp³-hybridized carbons (Fsp3) is 1.00. The van der Waals surface area contributed by atoms with E-state index in [0.29, 0.717) is 12.1 Å². The first-order chi connectivity index (χ1) is 7.09. The Labute approximate surface area is 94.2 Å². The SMILES string of the molecule is CC(C)CC(CC1COCCN1)N(C)C. The van der Waals surface area contributed by atoms with Crippen LogP contribution in [0.5, 0.6) is 0 Å². The molecule has 1 N–H and O–H groups in total. The van der Waals surface area contributed by atoms with E-state index in [0.717, 1.165) is 25.7 Å². The summed E-state index contributed by atoms with van der Waals surface area (Å²) in [5.41, 5.74) is 0. The maximum Gasteiger partial charge on any atom is 0.0620 e. The van der Waals surface area contributed by atoms with Gasteiger partial charge in [0.2, 0.25) is 0 Å². The second-order valence-electron chi connectivity index (χ2n) is 5.21. The zero-order valence-electron chi connectivity index (χ0n) is 10.6. The fourth-order valence-corrected chi connectivity index (χ4v) is 2.16. The average Bonchev–Trinajstić information content (AvgIpc) is 2.17. The Morgan fingerprint density at radius 3 is 2.60 bits per heavy atom. The van der Waals surface area contributed by atoms with Crippen molar-refractivity contribution in [3.63, 3.8) is 0 Å². The van der Waals surface area contributed by atoms with Crippen LogP contribution in [0.3, 0.4) is 0 Å². The van der Waals surface area contributed by atoms with Crippen LogP contribution in [0, 0.1) is 5.92 Å². The van der Waals surface area contributed by atoms with Crippen LogP contribution in [-0.2, 0) is 4.74 Å². The molecule has 1 fully saturated rings. The molecule has 0 aromatic rings. The van der Waals surface area contributed by atoms with Crippen molar-refractivity contribution >= 4 is 0 Å². The molecule has 90 valence electrons. The molecule has 0 aromatic heterocycles. The third-order valence-corrected chi connectivity index (χ3v) is 3.03. The van der Waals surface area contributed by atoms with Crippen LogP contribution in [0.4, 0.5) is 0 Å². The third-order valence-electron chi connectivity index (χ3n) is 3.03. The highest BCUT2D eigenvalue weighted by Crippen LogP contribution is 2.15. The molecule has 1 aliphatic heterocycles. The molecule has 0 aliphatic carbocycles. The summed E-state index contributed by atoms with van der Waals surface area (Å²) in [5.74, 6) is 0.766. The maximum atomic E-state index is 5.49. The van der Waals surface area contributed by atoms with Gasteiger partial charge in [0.25, 0.3) is 0 Å². The zero-order chi connectivity index (χ0) is 11.3. The van der Waals surface area contributed by atoms with E-state index in [-0.39, 0.29) is 0 Å². The molecule has 3 nitrogen and oxygen atoms in total. The minimum absolute atomic E-state index is 0.546. The molecule has 1 heterocycles. The van der Waals surface area contributed by atoms with Crippen molar-refractivity contribution in [3.05, 3.63) is 0 Å². The summed E-state index contributed by atoms with van der Waals surface area (Å²) in [4.78, 5) is 2.34. The molecule has 2 unspecified atom stereocenters.